The molecule has 0 aromatic heterocycles. The van der Waals surface area contributed by atoms with Gasteiger partial charge in [-0.25, -0.2) is 0 Å². The second-order valence-corrected chi connectivity index (χ2v) is 3.29. The van der Waals surface area contributed by atoms with Crippen LogP contribution in [-0.2, 0) is 4.79 Å². The summed E-state index contributed by atoms with van der Waals surface area (Å²) in [5.74, 6) is -0.241. The van der Waals surface area contributed by atoms with Crippen LogP contribution in [0.15, 0.2) is 0 Å². The van der Waals surface area contributed by atoms with E-state index in [0.29, 0.717) is 5.92 Å². The van der Waals surface area contributed by atoms with Crippen LogP contribution in [-0.4, -0.2) is 17.1 Å². The summed E-state index contributed by atoms with van der Waals surface area (Å²) in [4.78, 5) is 10.2. The topological polar surface area (TPSA) is 63.3 Å². The quantitative estimate of drug-likeness (QED) is 0.641. The Labute approximate surface area is 66.6 Å². The van der Waals surface area contributed by atoms with Crippen LogP contribution in [0.4, 0.5) is 0 Å². The van der Waals surface area contributed by atoms with E-state index in [1.54, 1.807) is 0 Å². The lowest BCUT2D eigenvalue weighted by molar-refractivity contribution is -0.137. The summed E-state index contributed by atoms with van der Waals surface area (Å²) in [6.07, 6.45) is 4.40. The molecule has 3 nitrogen and oxygen atoms in total. The van der Waals surface area contributed by atoms with Crippen LogP contribution in [0.5, 0.6) is 0 Å². The lowest BCUT2D eigenvalue weighted by atomic mass is 9.98. The van der Waals surface area contributed by atoms with E-state index in [-0.39, 0.29) is 12.5 Å². The minimum absolute atomic E-state index is 0.259. The summed E-state index contributed by atoms with van der Waals surface area (Å²) in [5.41, 5.74) is 5.77. The first-order valence-corrected chi connectivity index (χ1v) is 4.17. The maximum atomic E-state index is 10.2. The zero-order valence-corrected chi connectivity index (χ0v) is 6.62. The molecule has 0 bridgehead atoms. The average Bonchev–Trinajstić information content (AvgIpc) is 2.31. The third-order valence-electron chi connectivity index (χ3n) is 2.45. The van der Waals surface area contributed by atoms with E-state index in [9.17, 15) is 4.79 Å². The van der Waals surface area contributed by atoms with Crippen molar-refractivity contribution in [3.05, 3.63) is 0 Å². The summed E-state index contributed by atoms with van der Waals surface area (Å²) in [5, 5.41) is 8.42. The Bertz CT molecular complexity index is 147. The zero-order valence-electron chi connectivity index (χ0n) is 6.62. The number of hydrogen-bond acceptors (Lipinski definition) is 2. The highest BCUT2D eigenvalue weighted by Crippen LogP contribution is 2.27. The molecule has 1 rings (SSSR count). The third-order valence-corrected chi connectivity index (χ3v) is 2.45. The van der Waals surface area contributed by atoms with E-state index >= 15 is 0 Å². The van der Waals surface area contributed by atoms with Crippen LogP contribution in [0.3, 0.4) is 0 Å². The van der Waals surface area contributed by atoms with E-state index in [2.05, 4.69) is 0 Å². The van der Waals surface area contributed by atoms with E-state index in [1.165, 1.54) is 6.42 Å². The third kappa shape index (κ3) is 2.50. The van der Waals surface area contributed by atoms with E-state index < -0.39 is 5.97 Å². The van der Waals surface area contributed by atoms with Gasteiger partial charge < -0.3 is 10.8 Å². The SMILES string of the molecule is N[C@@H]1CCC[C@H]1CCC(=O)O. The van der Waals surface area contributed by atoms with Gasteiger partial charge in [0, 0.05) is 12.5 Å². The first-order chi connectivity index (χ1) is 5.20. The summed E-state index contributed by atoms with van der Waals surface area (Å²) in [6.45, 7) is 0. The highest BCUT2D eigenvalue weighted by molar-refractivity contribution is 5.66. The second kappa shape index (κ2) is 3.72. The molecule has 0 saturated heterocycles. The molecule has 0 radical (unpaired) electrons. The van der Waals surface area contributed by atoms with Crippen molar-refractivity contribution < 1.29 is 9.90 Å². The van der Waals surface area contributed by atoms with Crippen LogP contribution < -0.4 is 5.73 Å². The molecule has 1 fully saturated rings. The molecule has 0 aliphatic heterocycles. The number of aliphatic carboxylic acids is 1. The summed E-state index contributed by atoms with van der Waals surface area (Å²) in [6, 6.07) is 0.259. The van der Waals surface area contributed by atoms with Gasteiger partial charge in [0.1, 0.15) is 0 Å². The fourth-order valence-electron chi connectivity index (χ4n) is 1.73. The van der Waals surface area contributed by atoms with E-state index in [1.807, 2.05) is 0 Å². The Kier molecular flexibility index (Phi) is 2.88. The highest BCUT2D eigenvalue weighted by Gasteiger charge is 2.23. The number of hydrogen-bond donors (Lipinski definition) is 2. The van der Waals surface area contributed by atoms with Gasteiger partial charge in [-0.2, -0.15) is 0 Å². The molecule has 2 atom stereocenters. The number of carboxylic acids is 1. The summed E-state index contributed by atoms with van der Waals surface area (Å²) in [7, 11) is 0. The monoisotopic (exact) mass is 157 g/mol. The van der Waals surface area contributed by atoms with Crippen LogP contribution in [0.2, 0.25) is 0 Å². The average molecular weight is 157 g/mol. The maximum absolute atomic E-state index is 10.2. The first-order valence-electron chi connectivity index (χ1n) is 4.17. The maximum Gasteiger partial charge on any atom is 0.303 e. The molecule has 1 aliphatic rings. The largest absolute Gasteiger partial charge is 0.481 e. The molecular formula is C8H15NO2. The predicted molar refractivity (Wildman–Crippen MR) is 42.2 cm³/mol. The van der Waals surface area contributed by atoms with Crippen molar-refractivity contribution >= 4 is 5.97 Å². The fourth-order valence-corrected chi connectivity index (χ4v) is 1.73. The molecule has 1 aliphatic carbocycles. The van der Waals surface area contributed by atoms with E-state index in [0.717, 1.165) is 19.3 Å². The van der Waals surface area contributed by atoms with Gasteiger partial charge in [0.05, 0.1) is 0 Å². The number of rotatable bonds is 3. The minimum Gasteiger partial charge on any atom is -0.481 e. The Balaban J connectivity index is 2.20. The standard InChI is InChI=1S/C8H15NO2/c9-7-3-1-2-6(7)4-5-8(10)11/h6-7H,1-5,9H2,(H,10,11)/t6-,7+/m0/s1. The molecule has 1 saturated carbocycles. The molecule has 0 unspecified atom stereocenters. The predicted octanol–water partition coefficient (Wildman–Crippen LogP) is 0.979. The van der Waals surface area contributed by atoms with Gasteiger partial charge in [-0.15, -0.1) is 0 Å². The molecule has 3 heteroatoms. The van der Waals surface area contributed by atoms with Crippen LogP contribution in [0.25, 0.3) is 0 Å². The Morgan fingerprint density at radius 2 is 2.27 bits per heavy atom. The van der Waals surface area contributed by atoms with Gasteiger partial charge in [-0.1, -0.05) is 6.42 Å². The lowest BCUT2D eigenvalue weighted by Gasteiger charge is -2.12. The van der Waals surface area contributed by atoms with E-state index in [4.69, 9.17) is 10.8 Å². The molecular weight excluding hydrogens is 142 g/mol. The van der Waals surface area contributed by atoms with Crippen molar-refractivity contribution in [3.63, 3.8) is 0 Å². The molecule has 3 N–H and O–H groups in total. The molecule has 0 spiro atoms. The Morgan fingerprint density at radius 1 is 1.55 bits per heavy atom. The Hall–Kier alpha value is -0.570. The minimum atomic E-state index is -0.705. The van der Waals surface area contributed by atoms with Gasteiger partial charge in [0.2, 0.25) is 0 Å². The van der Waals surface area contributed by atoms with Crippen molar-refractivity contribution in [2.24, 2.45) is 11.7 Å². The smallest absolute Gasteiger partial charge is 0.303 e. The molecule has 0 amide bonds. The van der Waals surface area contributed by atoms with Crippen LogP contribution in [0, 0.1) is 5.92 Å². The lowest BCUT2D eigenvalue weighted by Crippen LogP contribution is -2.24. The zero-order chi connectivity index (χ0) is 8.27. The molecule has 0 heterocycles. The van der Waals surface area contributed by atoms with Crippen LogP contribution >= 0.6 is 0 Å². The fraction of sp³-hybridized carbons (Fsp3) is 0.875. The molecule has 0 aromatic carbocycles. The van der Waals surface area contributed by atoms with Gasteiger partial charge in [0.15, 0.2) is 0 Å². The van der Waals surface area contributed by atoms with Gasteiger partial charge >= 0.3 is 5.97 Å². The highest BCUT2D eigenvalue weighted by atomic mass is 16.4. The van der Waals surface area contributed by atoms with Gasteiger partial charge in [-0.05, 0) is 25.2 Å². The molecule has 11 heavy (non-hydrogen) atoms. The second-order valence-electron chi connectivity index (χ2n) is 3.29. The van der Waals surface area contributed by atoms with Crippen molar-refractivity contribution in [2.75, 3.05) is 0 Å². The normalized spacial score (nSPS) is 30.6. The first kappa shape index (κ1) is 8.53. The summed E-state index contributed by atoms with van der Waals surface area (Å²) >= 11 is 0. The van der Waals surface area contributed by atoms with Crippen molar-refractivity contribution in [2.45, 2.75) is 38.1 Å². The number of nitrogens with two attached hydrogens (primary N) is 1. The van der Waals surface area contributed by atoms with Crippen molar-refractivity contribution in [1.29, 1.82) is 0 Å². The van der Waals surface area contributed by atoms with Gasteiger partial charge in [0.25, 0.3) is 0 Å². The van der Waals surface area contributed by atoms with Crippen molar-refractivity contribution in [1.82, 2.24) is 0 Å². The van der Waals surface area contributed by atoms with Crippen LogP contribution in [0.1, 0.15) is 32.1 Å². The molecule has 0 aromatic rings. The summed E-state index contributed by atoms with van der Waals surface area (Å²) < 4.78 is 0. The van der Waals surface area contributed by atoms with Crippen molar-refractivity contribution in [3.8, 4) is 0 Å². The number of carboxylic acid groups (broad SMARTS) is 1. The Morgan fingerprint density at radius 3 is 2.73 bits per heavy atom. The molecule has 64 valence electrons. The number of carbonyl (C=O) groups is 1. The van der Waals surface area contributed by atoms with Gasteiger partial charge in [-0.3, -0.25) is 4.79 Å².